The lowest BCUT2D eigenvalue weighted by Crippen LogP contribution is -2.15. The molecule has 1 heterocycles. The van der Waals surface area contributed by atoms with E-state index in [2.05, 4.69) is 60.3 Å². The van der Waals surface area contributed by atoms with Crippen molar-refractivity contribution in [2.45, 2.75) is 19.9 Å². The van der Waals surface area contributed by atoms with E-state index in [-0.39, 0.29) is 0 Å². The van der Waals surface area contributed by atoms with Crippen molar-refractivity contribution < 1.29 is 0 Å². The number of hydrogen-bond acceptors (Lipinski definition) is 3. The molecule has 0 spiro atoms. The predicted octanol–water partition coefficient (Wildman–Crippen LogP) is 3.80. The second-order valence-electron chi connectivity index (χ2n) is 5.01. The summed E-state index contributed by atoms with van der Waals surface area (Å²) in [5.74, 6) is 0.874. The summed E-state index contributed by atoms with van der Waals surface area (Å²) in [6.07, 6.45) is 5.77. The van der Waals surface area contributed by atoms with E-state index in [4.69, 9.17) is 0 Å². The van der Waals surface area contributed by atoms with E-state index >= 15 is 0 Å². The first-order valence-corrected chi connectivity index (χ1v) is 6.80. The molecule has 0 amide bonds. The van der Waals surface area contributed by atoms with Gasteiger partial charge in [-0.3, -0.25) is 0 Å². The van der Waals surface area contributed by atoms with Crippen molar-refractivity contribution in [2.24, 2.45) is 0 Å². The van der Waals surface area contributed by atoms with Gasteiger partial charge in [0.25, 0.3) is 0 Å². The van der Waals surface area contributed by atoms with Crippen LogP contribution in [-0.4, -0.2) is 18.1 Å². The molecule has 0 aliphatic heterocycles. The van der Waals surface area contributed by atoms with E-state index in [0.29, 0.717) is 6.04 Å². The Morgan fingerprint density at radius 1 is 1.25 bits per heavy atom. The van der Waals surface area contributed by atoms with Gasteiger partial charge < -0.3 is 10.6 Å². The molecule has 20 heavy (non-hydrogen) atoms. The third-order valence-electron chi connectivity index (χ3n) is 3.10. The standard InChI is InChI=1S/C17H21N3/c1-5-13(10-19-12(2)3)14-6-7-15-11-20-17(18-4)9-16(15)8-14/h5-12,19H,1H2,2-4H3,(H,18,20)/b13-10+. The van der Waals surface area contributed by atoms with Crippen LogP contribution in [0.25, 0.3) is 16.3 Å². The van der Waals surface area contributed by atoms with Gasteiger partial charge in [-0.25, -0.2) is 4.98 Å². The van der Waals surface area contributed by atoms with Gasteiger partial charge in [0.05, 0.1) is 0 Å². The van der Waals surface area contributed by atoms with Gasteiger partial charge in [-0.15, -0.1) is 0 Å². The number of nitrogens with zero attached hydrogens (tertiary/aromatic N) is 1. The van der Waals surface area contributed by atoms with Gasteiger partial charge in [0.1, 0.15) is 5.82 Å². The second kappa shape index (κ2) is 6.24. The van der Waals surface area contributed by atoms with Crippen molar-refractivity contribution in [3.8, 4) is 0 Å². The van der Waals surface area contributed by atoms with Gasteiger partial charge in [-0.05, 0) is 42.5 Å². The van der Waals surface area contributed by atoms with Gasteiger partial charge in [0.2, 0.25) is 0 Å². The van der Waals surface area contributed by atoms with E-state index in [9.17, 15) is 0 Å². The number of fused-ring (bicyclic) bond motifs is 1. The van der Waals surface area contributed by atoms with Gasteiger partial charge in [-0.2, -0.15) is 0 Å². The molecule has 0 unspecified atom stereocenters. The van der Waals surface area contributed by atoms with E-state index in [1.807, 2.05) is 25.5 Å². The number of aromatic nitrogens is 1. The smallest absolute Gasteiger partial charge is 0.126 e. The average molecular weight is 267 g/mol. The molecule has 1 aromatic heterocycles. The van der Waals surface area contributed by atoms with Crippen LogP contribution >= 0.6 is 0 Å². The highest BCUT2D eigenvalue weighted by atomic mass is 14.9. The maximum atomic E-state index is 4.32. The minimum Gasteiger partial charge on any atom is -0.388 e. The zero-order chi connectivity index (χ0) is 14.5. The number of anilines is 1. The first-order chi connectivity index (χ1) is 9.63. The molecule has 0 atom stereocenters. The normalized spacial score (nSPS) is 11.7. The highest BCUT2D eigenvalue weighted by Crippen LogP contribution is 2.23. The van der Waals surface area contributed by atoms with Gasteiger partial charge in [0.15, 0.2) is 0 Å². The molecule has 0 aliphatic carbocycles. The second-order valence-corrected chi connectivity index (χ2v) is 5.01. The van der Waals surface area contributed by atoms with Crippen LogP contribution in [0.2, 0.25) is 0 Å². The predicted molar refractivity (Wildman–Crippen MR) is 87.7 cm³/mol. The van der Waals surface area contributed by atoms with Crippen molar-refractivity contribution in [3.05, 3.63) is 54.9 Å². The first kappa shape index (κ1) is 14.1. The molecule has 1 aromatic carbocycles. The largest absolute Gasteiger partial charge is 0.388 e. The SMILES string of the molecule is C=C/C(=C\NC(C)C)c1ccc2cnc(NC)cc2c1. The van der Waals surface area contributed by atoms with Crippen LogP contribution in [0.3, 0.4) is 0 Å². The lowest BCUT2D eigenvalue weighted by molar-refractivity contribution is 0.704. The molecule has 0 fully saturated rings. The summed E-state index contributed by atoms with van der Waals surface area (Å²) in [5, 5.41) is 8.67. The van der Waals surface area contributed by atoms with Crippen molar-refractivity contribution >= 4 is 22.2 Å². The van der Waals surface area contributed by atoms with Crippen molar-refractivity contribution in [1.29, 1.82) is 0 Å². The van der Waals surface area contributed by atoms with Crippen LogP contribution in [0.4, 0.5) is 5.82 Å². The summed E-state index contributed by atoms with van der Waals surface area (Å²) in [6, 6.07) is 8.80. The van der Waals surface area contributed by atoms with Gasteiger partial charge in [0, 0.05) is 30.9 Å². The molecule has 2 rings (SSSR count). The van der Waals surface area contributed by atoms with Crippen LogP contribution < -0.4 is 10.6 Å². The van der Waals surface area contributed by atoms with Gasteiger partial charge in [-0.1, -0.05) is 24.8 Å². The van der Waals surface area contributed by atoms with Crippen LogP contribution in [-0.2, 0) is 0 Å². The summed E-state index contributed by atoms with van der Waals surface area (Å²) in [6.45, 7) is 8.12. The van der Waals surface area contributed by atoms with Gasteiger partial charge >= 0.3 is 0 Å². The Morgan fingerprint density at radius 2 is 2.05 bits per heavy atom. The summed E-state index contributed by atoms with van der Waals surface area (Å²) in [5.41, 5.74) is 2.23. The number of benzene rings is 1. The molecular formula is C17H21N3. The lowest BCUT2D eigenvalue weighted by Gasteiger charge is -2.09. The quantitative estimate of drug-likeness (QED) is 0.809. The molecular weight excluding hydrogens is 246 g/mol. The number of rotatable bonds is 5. The van der Waals surface area contributed by atoms with Crippen molar-refractivity contribution in [3.63, 3.8) is 0 Å². The van der Waals surface area contributed by atoms with E-state index < -0.39 is 0 Å². The molecule has 104 valence electrons. The van der Waals surface area contributed by atoms with Crippen LogP contribution in [0.15, 0.2) is 49.3 Å². The van der Waals surface area contributed by atoms with Crippen LogP contribution in [0.5, 0.6) is 0 Å². The molecule has 2 aromatic rings. The highest BCUT2D eigenvalue weighted by Gasteiger charge is 2.02. The fraction of sp³-hybridized carbons (Fsp3) is 0.235. The third kappa shape index (κ3) is 3.18. The van der Waals surface area contributed by atoms with Crippen molar-refractivity contribution in [2.75, 3.05) is 12.4 Å². The summed E-state index contributed by atoms with van der Waals surface area (Å²) < 4.78 is 0. The third-order valence-corrected chi connectivity index (χ3v) is 3.10. The number of hydrogen-bond donors (Lipinski definition) is 2. The average Bonchev–Trinajstić information content (AvgIpc) is 2.46. The van der Waals surface area contributed by atoms with Crippen LogP contribution in [0, 0.1) is 0 Å². The zero-order valence-electron chi connectivity index (χ0n) is 12.3. The Bertz CT molecular complexity index is 642. The molecule has 0 saturated heterocycles. The maximum Gasteiger partial charge on any atom is 0.126 e. The number of allylic oxidation sites excluding steroid dienone is 2. The summed E-state index contributed by atoms with van der Waals surface area (Å²) in [7, 11) is 1.87. The molecule has 3 heteroatoms. The van der Waals surface area contributed by atoms with E-state index in [0.717, 1.165) is 22.3 Å². The monoisotopic (exact) mass is 267 g/mol. The Balaban J connectivity index is 2.43. The molecule has 0 bridgehead atoms. The fourth-order valence-corrected chi connectivity index (χ4v) is 1.97. The zero-order valence-corrected chi connectivity index (χ0v) is 12.3. The van der Waals surface area contributed by atoms with Crippen LogP contribution in [0.1, 0.15) is 19.4 Å². The Kier molecular flexibility index (Phi) is 4.41. The Morgan fingerprint density at radius 3 is 2.70 bits per heavy atom. The fourth-order valence-electron chi connectivity index (χ4n) is 1.97. The van der Waals surface area contributed by atoms with E-state index in [1.54, 1.807) is 0 Å². The molecule has 0 saturated carbocycles. The molecule has 0 radical (unpaired) electrons. The Hall–Kier alpha value is -2.29. The van der Waals surface area contributed by atoms with E-state index in [1.165, 1.54) is 5.39 Å². The minimum atomic E-state index is 0.408. The maximum absolute atomic E-state index is 4.32. The topological polar surface area (TPSA) is 37.0 Å². The molecule has 3 nitrogen and oxygen atoms in total. The summed E-state index contributed by atoms with van der Waals surface area (Å²) >= 11 is 0. The number of nitrogens with one attached hydrogen (secondary N) is 2. The lowest BCUT2D eigenvalue weighted by atomic mass is 10.0. The minimum absolute atomic E-state index is 0.408. The number of pyridine rings is 1. The van der Waals surface area contributed by atoms with Crippen molar-refractivity contribution in [1.82, 2.24) is 10.3 Å². The molecule has 2 N–H and O–H groups in total. The highest BCUT2D eigenvalue weighted by molar-refractivity contribution is 5.88. The first-order valence-electron chi connectivity index (χ1n) is 6.80. The molecule has 0 aliphatic rings. The Labute approximate surface area is 120 Å². The summed E-state index contributed by atoms with van der Waals surface area (Å²) in [4.78, 5) is 4.32.